The van der Waals surface area contributed by atoms with Crippen molar-refractivity contribution in [1.82, 2.24) is 0 Å². The van der Waals surface area contributed by atoms with Gasteiger partial charge in [0.2, 0.25) is 0 Å². The Balaban J connectivity index is 2.36. The molecule has 0 saturated carbocycles. The van der Waals surface area contributed by atoms with Crippen molar-refractivity contribution >= 4 is 11.7 Å². The van der Waals surface area contributed by atoms with E-state index in [0.717, 1.165) is 37.9 Å². The normalized spacial score (nSPS) is 14.1. The van der Waals surface area contributed by atoms with E-state index in [0.29, 0.717) is 18.4 Å². The Morgan fingerprint density at radius 2 is 2.05 bits per heavy atom. The van der Waals surface area contributed by atoms with Gasteiger partial charge in [-0.1, -0.05) is 32.8 Å². The first-order valence-corrected chi connectivity index (χ1v) is 7.44. The molecule has 0 amide bonds. The maximum Gasteiger partial charge on any atom is 0.339 e. The monoisotopic (exact) mass is 277 g/mol. The Kier molecular flexibility index (Phi) is 4.88. The van der Waals surface area contributed by atoms with E-state index in [2.05, 4.69) is 18.7 Å². The molecule has 1 aliphatic rings. The molecule has 0 radical (unpaired) electrons. The van der Waals surface area contributed by atoms with E-state index in [9.17, 15) is 9.90 Å². The van der Waals surface area contributed by atoms with Gasteiger partial charge in [-0.05, 0) is 25.0 Å². The zero-order chi connectivity index (χ0) is 14.5. The van der Waals surface area contributed by atoms with Gasteiger partial charge in [0.1, 0.15) is 12.2 Å². The summed E-state index contributed by atoms with van der Waals surface area (Å²) in [6, 6.07) is 5.86. The van der Waals surface area contributed by atoms with Crippen LogP contribution in [0.15, 0.2) is 18.2 Å². The predicted octanol–water partition coefficient (Wildman–Crippen LogP) is 3.55. The number of fused-ring (bicyclic) bond motifs is 1. The molecule has 0 atom stereocenters. The van der Waals surface area contributed by atoms with Gasteiger partial charge in [-0.2, -0.15) is 0 Å². The molecule has 0 saturated heterocycles. The number of hydrogen-bond acceptors (Lipinski definition) is 3. The highest BCUT2D eigenvalue weighted by Gasteiger charge is 2.27. The number of anilines is 1. The van der Waals surface area contributed by atoms with Crippen LogP contribution in [0.3, 0.4) is 0 Å². The fourth-order valence-electron chi connectivity index (χ4n) is 2.94. The molecule has 1 aromatic rings. The van der Waals surface area contributed by atoms with Crippen molar-refractivity contribution in [3.63, 3.8) is 0 Å². The second-order valence-corrected chi connectivity index (χ2v) is 5.23. The predicted molar refractivity (Wildman–Crippen MR) is 79.8 cm³/mol. The molecular weight excluding hydrogens is 254 g/mol. The summed E-state index contributed by atoms with van der Waals surface area (Å²) >= 11 is 0. The summed E-state index contributed by atoms with van der Waals surface area (Å²) in [7, 11) is 0. The van der Waals surface area contributed by atoms with Gasteiger partial charge < -0.3 is 14.7 Å². The fourth-order valence-corrected chi connectivity index (χ4v) is 2.94. The summed E-state index contributed by atoms with van der Waals surface area (Å²) in [4.78, 5) is 13.6. The summed E-state index contributed by atoms with van der Waals surface area (Å²) in [5, 5.41) is 9.27. The lowest BCUT2D eigenvalue weighted by molar-refractivity contribution is 0.0692. The standard InChI is InChI=1S/C16H23NO3/c1-3-6-12(7-4-2)17-10-11-20-15-13(16(18)19)8-5-9-14(15)17/h5,8-9,12H,3-4,6-7,10-11H2,1-2H3,(H,18,19). The maximum absolute atomic E-state index is 11.3. The molecule has 1 aliphatic heterocycles. The van der Waals surface area contributed by atoms with Gasteiger partial charge in [-0.25, -0.2) is 4.79 Å². The Hall–Kier alpha value is -1.71. The molecule has 2 rings (SSSR count). The van der Waals surface area contributed by atoms with Gasteiger partial charge in [0, 0.05) is 6.04 Å². The van der Waals surface area contributed by atoms with Gasteiger partial charge in [-0.15, -0.1) is 0 Å². The highest BCUT2D eigenvalue weighted by molar-refractivity contribution is 5.93. The maximum atomic E-state index is 11.3. The number of rotatable bonds is 6. The number of para-hydroxylation sites is 1. The molecule has 20 heavy (non-hydrogen) atoms. The minimum absolute atomic E-state index is 0.263. The molecule has 4 nitrogen and oxygen atoms in total. The summed E-state index contributed by atoms with van der Waals surface area (Å²) in [6.45, 7) is 5.78. The SMILES string of the molecule is CCCC(CCC)N1CCOc2c(C(=O)O)cccc21. The topological polar surface area (TPSA) is 49.8 Å². The van der Waals surface area contributed by atoms with Gasteiger partial charge in [-0.3, -0.25) is 0 Å². The molecule has 4 heteroatoms. The summed E-state index contributed by atoms with van der Waals surface area (Å²) < 4.78 is 5.63. The van der Waals surface area contributed by atoms with Crippen LogP contribution in [0, 0.1) is 0 Å². The van der Waals surface area contributed by atoms with E-state index in [-0.39, 0.29) is 5.56 Å². The number of ether oxygens (including phenoxy) is 1. The van der Waals surface area contributed by atoms with Crippen molar-refractivity contribution in [2.45, 2.75) is 45.6 Å². The molecule has 1 N–H and O–H groups in total. The van der Waals surface area contributed by atoms with Crippen LogP contribution in [0.1, 0.15) is 49.9 Å². The number of aromatic carboxylic acids is 1. The van der Waals surface area contributed by atoms with Crippen LogP contribution in [0.5, 0.6) is 5.75 Å². The van der Waals surface area contributed by atoms with Crippen molar-refractivity contribution < 1.29 is 14.6 Å². The molecule has 0 spiro atoms. The first-order chi connectivity index (χ1) is 9.69. The third-order valence-electron chi connectivity index (χ3n) is 3.80. The number of carboxylic acids is 1. The van der Waals surface area contributed by atoms with Crippen molar-refractivity contribution in [1.29, 1.82) is 0 Å². The smallest absolute Gasteiger partial charge is 0.339 e. The lowest BCUT2D eigenvalue weighted by Crippen LogP contribution is -2.41. The van der Waals surface area contributed by atoms with Gasteiger partial charge in [0.25, 0.3) is 0 Å². The van der Waals surface area contributed by atoms with Gasteiger partial charge >= 0.3 is 5.97 Å². The minimum atomic E-state index is -0.925. The van der Waals surface area contributed by atoms with Crippen LogP contribution in [0.4, 0.5) is 5.69 Å². The second-order valence-electron chi connectivity index (χ2n) is 5.23. The number of carbonyl (C=O) groups is 1. The van der Waals surface area contributed by atoms with E-state index < -0.39 is 5.97 Å². The molecular formula is C16H23NO3. The van der Waals surface area contributed by atoms with Crippen LogP contribution >= 0.6 is 0 Å². The van der Waals surface area contributed by atoms with E-state index in [1.165, 1.54) is 0 Å². The van der Waals surface area contributed by atoms with Crippen LogP contribution in [0.2, 0.25) is 0 Å². The zero-order valence-electron chi connectivity index (χ0n) is 12.3. The molecule has 0 unspecified atom stereocenters. The van der Waals surface area contributed by atoms with Gasteiger partial charge in [0.05, 0.1) is 12.2 Å². The number of carboxylic acid groups (broad SMARTS) is 1. The Morgan fingerprint density at radius 1 is 1.35 bits per heavy atom. The van der Waals surface area contributed by atoms with Crippen molar-refractivity contribution in [2.24, 2.45) is 0 Å². The quantitative estimate of drug-likeness (QED) is 0.864. The summed E-state index contributed by atoms with van der Waals surface area (Å²) in [6.07, 6.45) is 4.53. The Morgan fingerprint density at radius 3 is 2.65 bits per heavy atom. The lowest BCUT2D eigenvalue weighted by Gasteiger charge is -2.38. The van der Waals surface area contributed by atoms with Crippen LogP contribution in [0.25, 0.3) is 0 Å². The highest BCUT2D eigenvalue weighted by Crippen LogP contribution is 2.37. The molecule has 110 valence electrons. The van der Waals surface area contributed by atoms with Gasteiger partial charge in [0.15, 0.2) is 5.75 Å². The summed E-state index contributed by atoms with van der Waals surface area (Å²) in [5.41, 5.74) is 1.20. The molecule has 1 aromatic carbocycles. The Bertz CT molecular complexity index is 467. The molecule has 1 heterocycles. The second kappa shape index (κ2) is 6.64. The van der Waals surface area contributed by atoms with Crippen molar-refractivity contribution in [3.8, 4) is 5.75 Å². The van der Waals surface area contributed by atoms with Crippen LogP contribution in [-0.4, -0.2) is 30.3 Å². The Labute approximate surface area is 120 Å². The van der Waals surface area contributed by atoms with E-state index >= 15 is 0 Å². The average Bonchev–Trinajstić information content (AvgIpc) is 2.45. The number of nitrogens with zero attached hydrogens (tertiary/aromatic N) is 1. The highest BCUT2D eigenvalue weighted by atomic mass is 16.5. The molecule has 0 aliphatic carbocycles. The largest absolute Gasteiger partial charge is 0.489 e. The zero-order valence-corrected chi connectivity index (χ0v) is 12.3. The average molecular weight is 277 g/mol. The van der Waals surface area contributed by atoms with Crippen molar-refractivity contribution in [3.05, 3.63) is 23.8 Å². The van der Waals surface area contributed by atoms with Crippen molar-refractivity contribution in [2.75, 3.05) is 18.1 Å². The summed E-state index contributed by atoms with van der Waals surface area (Å²) in [5.74, 6) is -0.394. The minimum Gasteiger partial charge on any atom is -0.489 e. The third kappa shape index (κ3) is 2.89. The molecule has 0 fully saturated rings. The first-order valence-electron chi connectivity index (χ1n) is 7.44. The van der Waals surface area contributed by atoms with E-state index in [4.69, 9.17) is 4.74 Å². The first kappa shape index (κ1) is 14.7. The van der Waals surface area contributed by atoms with Crippen LogP contribution < -0.4 is 9.64 Å². The molecule has 0 aromatic heterocycles. The van der Waals surface area contributed by atoms with E-state index in [1.54, 1.807) is 12.1 Å². The number of benzene rings is 1. The number of hydrogen-bond donors (Lipinski definition) is 1. The third-order valence-corrected chi connectivity index (χ3v) is 3.80. The fraction of sp³-hybridized carbons (Fsp3) is 0.562. The van der Waals surface area contributed by atoms with E-state index in [1.807, 2.05) is 6.07 Å². The van der Waals surface area contributed by atoms with Crippen LogP contribution in [-0.2, 0) is 0 Å². The lowest BCUT2D eigenvalue weighted by atomic mass is 10.0. The molecule has 0 bridgehead atoms.